The number of Topliss-reactive ketones (excluding diaryl/α,β-unsaturated/α-hetero) is 1. The number of aliphatic imine (C=N–C) groups is 4. The highest BCUT2D eigenvalue weighted by atomic mass is 32.2. The van der Waals surface area contributed by atoms with Gasteiger partial charge in [-0.1, -0.05) is 25.5 Å². The Balaban J connectivity index is 1.24. The second-order valence-electron chi connectivity index (χ2n) is 11.2. The second kappa shape index (κ2) is 7.88. The van der Waals surface area contributed by atoms with Gasteiger partial charge < -0.3 is 10.2 Å². The predicted molar refractivity (Wildman–Crippen MR) is 136 cm³/mol. The summed E-state index contributed by atoms with van der Waals surface area (Å²) in [5.41, 5.74) is -1.46. The van der Waals surface area contributed by atoms with Gasteiger partial charge in [-0.15, -0.1) is 11.8 Å². The minimum Gasteiger partial charge on any atom is -0.393 e. The van der Waals surface area contributed by atoms with Crippen LogP contribution < -0.4 is 0 Å². The summed E-state index contributed by atoms with van der Waals surface area (Å²) in [5, 5.41) is 24.1. The molecule has 0 radical (unpaired) electrons. The van der Waals surface area contributed by atoms with Crippen molar-refractivity contribution < 1.29 is 19.8 Å². The molecular weight excluding hydrogens is 464 g/mol. The lowest BCUT2D eigenvalue weighted by Crippen LogP contribution is -2.61. The molecule has 6 aliphatic rings. The number of thioether (sulfide) groups is 1. The first kappa shape index (κ1) is 23.2. The quantitative estimate of drug-likeness (QED) is 0.624. The Morgan fingerprint density at radius 3 is 2.89 bits per heavy atom. The number of carbonyl (C=O) groups is 2. The third-order valence-electron chi connectivity index (χ3n) is 9.72. The van der Waals surface area contributed by atoms with Crippen molar-refractivity contribution in [2.75, 3.05) is 5.75 Å². The van der Waals surface area contributed by atoms with E-state index in [1.165, 1.54) is 24.4 Å². The minimum atomic E-state index is -1.49. The van der Waals surface area contributed by atoms with Crippen LogP contribution in [0.15, 0.2) is 43.8 Å². The van der Waals surface area contributed by atoms with Gasteiger partial charge in [-0.3, -0.25) is 14.6 Å². The van der Waals surface area contributed by atoms with E-state index >= 15 is 0 Å². The minimum absolute atomic E-state index is 0.0138. The Morgan fingerprint density at radius 1 is 1.23 bits per heavy atom. The highest BCUT2D eigenvalue weighted by Crippen LogP contribution is 2.67. The maximum Gasteiger partial charge on any atom is 0.178 e. The molecule has 0 aromatic rings. The van der Waals surface area contributed by atoms with Crippen molar-refractivity contribution in [3.05, 3.63) is 23.8 Å². The Morgan fingerprint density at radius 2 is 2.06 bits per heavy atom. The van der Waals surface area contributed by atoms with Crippen LogP contribution in [0.25, 0.3) is 0 Å². The molecule has 0 saturated heterocycles. The van der Waals surface area contributed by atoms with Crippen molar-refractivity contribution in [2.24, 2.45) is 48.6 Å². The molecule has 9 heteroatoms. The van der Waals surface area contributed by atoms with Crippen LogP contribution in [-0.2, 0) is 9.59 Å². The molecule has 6 rings (SSSR count). The number of carbonyl (C=O) groups excluding carboxylic acids is 2. The van der Waals surface area contributed by atoms with E-state index in [0.29, 0.717) is 23.7 Å². The molecule has 0 aromatic carbocycles. The molecule has 8 nitrogen and oxygen atoms in total. The lowest BCUT2D eigenvalue weighted by molar-refractivity contribution is -0.174. The first-order valence-corrected chi connectivity index (χ1v) is 13.4. The molecule has 2 N–H and O–H groups in total. The van der Waals surface area contributed by atoms with E-state index in [2.05, 4.69) is 26.9 Å². The van der Waals surface area contributed by atoms with Crippen LogP contribution in [0.1, 0.15) is 46.0 Å². The number of fused-ring (bicyclic) bond motifs is 6. The summed E-state index contributed by atoms with van der Waals surface area (Å²) in [6, 6.07) is -0.364. The monoisotopic (exact) mass is 494 g/mol. The van der Waals surface area contributed by atoms with E-state index in [4.69, 9.17) is 0 Å². The molecule has 3 saturated carbocycles. The normalized spacial score (nSPS) is 45.2. The van der Waals surface area contributed by atoms with Gasteiger partial charge in [-0.05, 0) is 56.1 Å². The second-order valence-corrected chi connectivity index (χ2v) is 12.2. The van der Waals surface area contributed by atoms with E-state index in [9.17, 15) is 19.8 Å². The fraction of sp³-hybridized carbons (Fsp3) is 0.615. The molecular formula is C26H30N4O4S. The van der Waals surface area contributed by atoms with Crippen molar-refractivity contribution in [1.82, 2.24) is 0 Å². The molecule has 3 fully saturated rings. The van der Waals surface area contributed by atoms with Crippen molar-refractivity contribution in [3.8, 4) is 0 Å². The van der Waals surface area contributed by atoms with E-state index in [0.717, 1.165) is 24.8 Å². The molecule has 8 atom stereocenters. The number of allylic oxidation sites excluding steroid dienone is 4. The summed E-state index contributed by atoms with van der Waals surface area (Å²) in [7, 11) is 0. The smallest absolute Gasteiger partial charge is 0.178 e. The summed E-state index contributed by atoms with van der Waals surface area (Å²) < 4.78 is 0. The first-order valence-electron chi connectivity index (χ1n) is 12.4. The number of amidine groups is 1. The molecule has 4 aliphatic carbocycles. The SMILES string of the molecule is CC12C=CC(=O)C=C1CCC1C2C(O)CC2(C)C1CCC2(O)C(=O)CSC1=NC=NC2=NC=NC21. The lowest BCUT2D eigenvalue weighted by Gasteiger charge is -2.59. The van der Waals surface area contributed by atoms with Crippen LogP contribution >= 0.6 is 11.8 Å². The zero-order chi connectivity index (χ0) is 24.6. The summed E-state index contributed by atoms with van der Waals surface area (Å²) in [6.07, 6.45) is 10.8. The lowest BCUT2D eigenvalue weighted by atomic mass is 9.46. The van der Waals surface area contributed by atoms with Crippen LogP contribution in [0.5, 0.6) is 0 Å². The maximum atomic E-state index is 13.6. The molecule has 2 heterocycles. The molecule has 0 bridgehead atoms. The first-order chi connectivity index (χ1) is 16.7. The maximum absolute atomic E-state index is 13.6. The predicted octanol–water partition coefficient (Wildman–Crippen LogP) is 2.55. The van der Waals surface area contributed by atoms with Gasteiger partial charge in [0.1, 0.15) is 23.3 Å². The highest BCUT2D eigenvalue weighted by Gasteiger charge is 2.68. The fourth-order valence-corrected chi connectivity index (χ4v) is 8.92. The Labute approximate surface area is 208 Å². The Hall–Kier alpha value is -2.23. The van der Waals surface area contributed by atoms with Gasteiger partial charge in [0.25, 0.3) is 0 Å². The van der Waals surface area contributed by atoms with Crippen LogP contribution in [0, 0.1) is 28.6 Å². The fourth-order valence-electron chi connectivity index (χ4n) is 7.95. The summed E-state index contributed by atoms with van der Waals surface area (Å²) in [5.74, 6) is 0.755. The Kier molecular flexibility index (Phi) is 5.22. The number of aliphatic hydroxyl groups is 2. The van der Waals surface area contributed by atoms with Crippen LogP contribution in [0.2, 0.25) is 0 Å². The van der Waals surface area contributed by atoms with E-state index in [1.807, 2.05) is 13.0 Å². The Bertz CT molecular complexity index is 1190. The van der Waals surface area contributed by atoms with Crippen molar-refractivity contribution >= 4 is 46.9 Å². The van der Waals surface area contributed by atoms with Crippen molar-refractivity contribution in [2.45, 2.75) is 63.7 Å². The van der Waals surface area contributed by atoms with Gasteiger partial charge in [0.15, 0.2) is 23.4 Å². The van der Waals surface area contributed by atoms with E-state index in [1.54, 1.807) is 12.2 Å². The summed E-state index contributed by atoms with van der Waals surface area (Å²) in [4.78, 5) is 42.4. The average molecular weight is 495 g/mol. The largest absolute Gasteiger partial charge is 0.393 e. The van der Waals surface area contributed by atoms with E-state index in [-0.39, 0.29) is 46.5 Å². The van der Waals surface area contributed by atoms with Gasteiger partial charge in [-0.2, -0.15) is 0 Å². The molecule has 0 spiro atoms. The molecule has 2 aliphatic heterocycles. The number of hydrogen-bond donors (Lipinski definition) is 2. The number of ketones is 2. The molecule has 184 valence electrons. The number of aliphatic hydroxyl groups excluding tert-OH is 1. The molecule has 8 unspecified atom stereocenters. The average Bonchev–Trinajstić information content (AvgIpc) is 3.41. The van der Waals surface area contributed by atoms with Crippen LogP contribution in [-0.4, -0.2) is 68.8 Å². The van der Waals surface area contributed by atoms with Crippen LogP contribution in [0.3, 0.4) is 0 Å². The van der Waals surface area contributed by atoms with Gasteiger partial charge in [0.2, 0.25) is 0 Å². The number of nitrogens with zero attached hydrogens (tertiary/aromatic N) is 4. The van der Waals surface area contributed by atoms with Gasteiger partial charge in [-0.25, -0.2) is 15.0 Å². The topological polar surface area (TPSA) is 124 Å². The molecule has 0 aromatic heterocycles. The number of hydrogen-bond acceptors (Lipinski definition) is 9. The van der Waals surface area contributed by atoms with Crippen LogP contribution in [0.4, 0.5) is 0 Å². The van der Waals surface area contributed by atoms with Gasteiger partial charge in [0.05, 0.1) is 11.9 Å². The highest BCUT2D eigenvalue weighted by molar-refractivity contribution is 8.14. The van der Waals surface area contributed by atoms with Crippen molar-refractivity contribution in [1.29, 1.82) is 0 Å². The third-order valence-corrected chi connectivity index (χ3v) is 10.8. The van der Waals surface area contributed by atoms with Crippen molar-refractivity contribution in [3.63, 3.8) is 0 Å². The zero-order valence-corrected chi connectivity index (χ0v) is 20.7. The standard InChI is InChI=1S/C26H30N4O4S/c1-24-7-5-15(31)9-14(24)3-4-16-17-6-8-26(34,25(17,2)10-18(32)20(16)24)19(33)11-35-23-21-22(28-12-27-21)29-13-30-23/h5,7,9,12-13,16-18,20-21,32,34H,3-4,6,8,10-11H2,1-2H3. The number of rotatable bonds is 3. The molecule has 0 amide bonds. The third kappa shape index (κ3) is 3.20. The summed E-state index contributed by atoms with van der Waals surface area (Å²) >= 11 is 1.29. The van der Waals surface area contributed by atoms with Gasteiger partial charge in [0, 0.05) is 16.7 Å². The van der Waals surface area contributed by atoms with E-state index < -0.39 is 17.1 Å². The molecule has 35 heavy (non-hydrogen) atoms. The van der Waals surface area contributed by atoms with Gasteiger partial charge >= 0.3 is 0 Å². The summed E-state index contributed by atoms with van der Waals surface area (Å²) in [6.45, 7) is 4.13. The zero-order valence-electron chi connectivity index (χ0n) is 19.9.